The number of rotatable bonds is 7. The third-order valence-corrected chi connectivity index (χ3v) is 5.66. The number of aryl methyl sites for hydroxylation is 1. The SMILES string of the molecule is COc1cccc(-c2cncc(-c3cc(NCc4cccc(O)c4)nc(-c4cccc(C)n4)n3)c2)c1. The van der Waals surface area contributed by atoms with Crippen molar-refractivity contribution >= 4 is 5.82 Å². The Balaban J connectivity index is 1.54. The number of anilines is 1. The van der Waals surface area contributed by atoms with Crippen molar-refractivity contribution in [1.29, 1.82) is 0 Å². The summed E-state index contributed by atoms with van der Waals surface area (Å²) in [4.78, 5) is 18.7. The molecule has 178 valence electrons. The Labute approximate surface area is 209 Å². The Morgan fingerprint density at radius 1 is 0.778 bits per heavy atom. The zero-order valence-electron chi connectivity index (χ0n) is 20.0. The van der Waals surface area contributed by atoms with E-state index < -0.39 is 0 Å². The molecule has 7 heteroatoms. The van der Waals surface area contributed by atoms with Gasteiger partial charge in [0.05, 0.1) is 12.8 Å². The summed E-state index contributed by atoms with van der Waals surface area (Å²) in [6.45, 7) is 2.43. The molecule has 36 heavy (non-hydrogen) atoms. The summed E-state index contributed by atoms with van der Waals surface area (Å²) >= 11 is 0. The van der Waals surface area contributed by atoms with Crippen LogP contribution in [0.5, 0.6) is 11.5 Å². The number of hydrogen-bond donors (Lipinski definition) is 2. The van der Waals surface area contributed by atoms with E-state index in [2.05, 4.69) is 21.4 Å². The second kappa shape index (κ2) is 10.2. The Bertz CT molecular complexity index is 1520. The lowest BCUT2D eigenvalue weighted by molar-refractivity contribution is 0.415. The molecule has 0 aliphatic rings. The molecule has 0 aliphatic heterocycles. The zero-order valence-corrected chi connectivity index (χ0v) is 20.0. The number of nitrogens with one attached hydrogen (secondary N) is 1. The fourth-order valence-corrected chi connectivity index (χ4v) is 3.87. The highest BCUT2D eigenvalue weighted by atomic mass is 16.5. The number of aromatic nitrogens is 4. The molecule has 0 saturated carbocycles. The molecular weight excluding hydrogens is 450 g/mol. The Kier molecular flexibility index (Phi) is 6.53. The average Bonchev–Trinajstić information content (AvgIpc) is 2.92. The van der Waals surface area contributed by atoms with Gasteiger partial charge in [-0.1, -0.05) is 30.3 Å². The third kappa shape index (κ3) is 5.31. The van der Waals surface area contributed by atoms with Gasteiger partial charge in [-0.05, 0) is 60.5 Å². The van der Waals surface area contributed by atoms with E-state index in [1.54, 1.807) is 25.4 Å². The predicted octanol–water partition coefficient (Wildman–Crippen LogP) is 5.90. The van der Waals surface area contributed by atoms with Crippen LogP contribution in [0.25, 0.3) is 33.9 Å². The normalized spacial score (nSPS) is 10.7. The summed E-state index contributed by atoms with van der Waals surface area (Å²) < 4.78 is 5.38. The number of pyridine rings is 2. The maximum atomic E-state index is 9.80. The van der Waals surface area contributed by atoms with Crippen LogP contribution in [0, 0.1) is 6.92 Å². The molecule has 0 fully saturated rings. The van der Waals surface area contributed by atoms with Crippen molar-refractivity contribution in [3.63, 3.8) is 0 Å². The van der Waals surface area contributed by atoms with Gasteiger partial charge in [0.2, 0.25) is 0 Å². The minimum atomic E-state index is 0.225. The fraction of sp³-hybridized carbons (Fsp3) is 0.103. The van der Waals surface area contributed by atoms with Crippen molar-refractivity contribution in [2.45, 2.75) is 13.5 Å². The van der Waals surface area contributed by atoms with Crippen LogP contribution in [-0.2, 0) is 6.54 Å². The number of benzene rings is 2. The van der Waals surface area contributed by atoms with Gasteiger partial charge in [0, 0.05) is 41.8 Å². The second-order valence-electron chi connectivity index (χ2n) is 8.34. The minimum absolute atomic E-state index is 0.225. The Hall–Kier alpha value is -4.78. The molecule has 0 bridgehead atoms. The number of aromatic hydroxyl groups is 1. The maximum Gasteiger partial charge on any atom is 0.180 e. The summed E-state index contributed by atoms with van der Waals surface area (Å²) in [6.07, 6.45) is 3.61. The van der Waals surface area contributed by atoms with Crippen LogP contribution in [0.2, 0.25) is 0 Å². The van der Waals surface area contributed by atoms with Gasteiger partial charge in [-0.15, -0.1) is 0 Å². The van der Waals surface area contributed by atoms with Crippen molar-refractivity contribution in [3.8, 4) is 45.4 Å². The lowest BCUT2D eigenvalue weighted by atomic mass is 10.0. The monoisotopic (exact) mass is 475 g/mol. The number of ether oxygens (including phenoxy) is 1. The molecule has 0 atom stereocenters. The average molecular weight is 476 g/mol. The highest BCUT2D eigenvalue weighted by Gasteiger charge is 2.12. The first-order valence-electron chi connectivity index (χ1n) is 11.5. The lowest BCUT2D eigenvalue weighted by Crippen LogP contribution is -2.05. The van der Waals surface area contributed by atoms with Gasteiger partial charge in [-0.25, -0.2) is 15.0 Å². The highest BCUT2D eigenvalue weighted by molar-refractivity contribution is 5.73. The smallest absolute Gasteiger partial charge is 0.180 e. The zero-order chi connectivity index (χ0) is 24.9. The molecule has 3 aromatic heterocycles. The number of phenolic OH excluding ortho intramolecular Hbond substituents is 1. The Morgan fingerprint density at radius 3 is 2.44 bits per heavy atom. The van der Waals surface area contributed by atoms with E-state index in [0.29, 0.717) is 23.9 Å². The van der Waals surface area contributed by atoms with Crippen LogP contribution in [0.3, 0.4) is 0 Å². The van der Waals surface area contributed by atoms with Crippen molar-refractivity contribution in [2.75, 3.05) is 12.4 Å². The quantitative estimate of drug-likeness (QED) is 0.303. The van der Waals surface area contributed by atoms with Crippen molar-refractivity contribution < 1.29 is 9.84 Å². The van der Waals surface area contributed by atoms with Gasteiger partial charge in [0.15, 0.2) is 5.82 Å². The van der Waals surface area contributed by atoms with Crippen LogP contribution >= 0.6 is 0 Å². The van der Waals surface area contributed by atoms with Gasteiger partial charge >= 0.3 is 0 Å². The summed E-state index contributed by atoms with van der Waals surface area (Å²) in [7, 11) is 1.65. The van der Waals surface area contributed by atoms with Gasteiger partial charge in [-0.3, -0.25) is 4.98 Å². The molecule has 0 aliphatic carbocycles. The number of nitrogens with zero attached hydrogens (tertiary/aromatic N) is 4. The molecule has 0 spiro atoms. The van der Waals surface area contributed by atoms with Gasteiger partial charge in [-0.2, -0.15) is 0 Å². The standard InChI is InChI=1S/C29H25N5O2/c1-19-6-3-11-26(32-19)29-33-27(15-28(34-29)31-16-20-7-4-9-24(35)12-20)23-13-22(17-30-18-23)21-8-5-10-25(14-21)36-2/h3-15,17-18,35H,16H2,1-2H3,(H,31,33,34). The molecule has 2 N–H and O–H groups in total. The van der Waals surface area contributed by atoms with Crippen LogP contribution < -0.4 is 10.1 Å². The van der Waals surface area contributed by atoms with E-state index in [4.69, 9.17) is 14.7 Å². The van der Waals surface area contributed by atoms with Crippen LogP contribution in [0.15, 0.2) is 91.3 Å². The van der Waals surface area contributed by atoms with E-state index in [1.165, 1.54) is 0 Å². The van der Waals surface area contributed by atoms with Crippen LogP contribution in [0.4, 0.5) is 5.82 Å². The molecule has 3 heterocycles. The van der Waals surface area contributed by atoms with Gasteiger partial charge in [0.1, 0.15) is 23.0 Å². The van der Waals surface area contributed by atoms with Gasteiger partial charge in [0.25, 0.3) is 0 Å². The number of methoxy groups -OCH3 is 1. The van der Waals surface area contributed by atoms with E-state index in [9.17, 15) is 5.11 Å². The molecule has 5 aromatic rings. The first kappa shape index (κ1) is 23.0. The Morgan fingerprint density at radius 2 is 1.61 bits per heavy atom. The number of phenols is 1. The summed E-state index contributed by atoms with van der Waals surface area (Å²) in [5.74, 6) is 2.17. The van der Waals surface area contributed by atoms with Gasteiger partial charge < -0.3 is 15.2 Å². The second-order valence-corrected chi connectivity index (χ2v) is 8.34. The fourth-order valence-electron chi connectivity index (χ4n) is 3.87. The molecule has 7 nitrogen and oxygen atoms in total. The summed E-state index contributed by atoms with van der Waals surface area (Å²) in [5.41, 5.74) is 6.04. The molecule has 0 unspecified atom stereocenters. The first-order valence-corrected chi connectivity index (χ1v) is 11.5. The van der Waals surface area contributed by atoms with Crippen LogP contribution in [0.1, 0.15) is 11.3 Å². The third-order valence-electron chi connectivity index (χ3n) is 5.66. The maximum absolute atomic E-state index is 9.80. The van der Waals surface area contributed by atoms with Crippen molar-refractivity contribution in [1.82, 2.24) is 19.9 Å². The van der Waals surface area contributed by atoms with E-state index in [0.717, 1.165) is 39.4 Å². The molecule has 2 aromatic carbocycles. The van der Waals surface area contributed by atoms with E-state index in [1.807, 2.05) is 73.8 Å². The molecule has 0 amide bonds. The minimum Gasteiger partial charge on any atom is -0.508 e. The largest absolute Gasteiger partial charge is 0.508 e. The predicted molar refractivity (Wildman–Crippen MR) is 141 cm³/mol. The lowest BCUT2D eigenvalue weighted by Gasteiger charge is -2.12. The molecule has 5 rings (SSSR count). The summed E-state index contributed by atoms with van der Waals surface area (Å²) in [5, 5.41) is 13.2. The topological polar surface area (TPSA) is 93.0 Å². The van der Waals surface area contributed by atoms with Crippen molar-refractivity contribution in [2.24, 2.45) is 0 Å². The van der Waals surface area contributed by atoms with Crippen LogP contribution in [-0.4, -0.2) is 32.2 Å². The van der Waals surface area contributed by atoms with E-state index >= 15 is 0 Å². The number of hydrogen-bond acceptors (Lipinski definition) is 7. The van der Waals surface area contributed by atoms with Crippen molar-refractivity contribution in [3.05, 3.63) is 103 Å². The summed E-state index contributed by atoms with van der Waals surface area (Å²) in [6, 6.07) is 24.7. The first-order chi connectivity index (χ1) is 17.6. The van der Waals surface area contributed by atoms with E-state index in [-0.39, 0.29) is 5.75 Å². The molecule has 0 radical (unpaired) electrons. The highest BCUT2D eigenvalue weighted by Crippen LogP contribution is 2.29. The molecular formula is C29H25N5O2. The molecule has 0 saturated heterocycles.